The van der Waals surface area contributed by atoms with Gasteiger partial charge in [0.25, 0.3) is 10.0 Å². The van der Waals surface area contributed by atoms with Crippen LogP contribution in [-0.2, 0) is 14.8 Å². The first-order valence-electron chi connectivity index (χ1n) is 7.22. The molecule has 2 aromatic rings. The van der Waals surface area contributed by atoms with Crippen molar-refractivity contribution in [3.8, 4) is 5.75 Å². The van der Waals surface area contributed by atoms with Gasteiger partial charge >= 0.3 is 5.97 Å². The zero-order valence-corrected chi connectivity index (χ0v) is 14.5. The largest absolute Gasteiger partial charge is 0.482 e. The first-order chi connectivity index (χ1) is 11.2. The fraction of sp³-hybridized carbons (Fsp3) is 0.235. The van der Waals surface area contributed by atoms with Gasteiger partial charge in [-0.3, -0.25) is 4.31 Å². The Morgan fingerprint density at radius 1 is 1.08 bits per heavy atom. The van der Waals surface area contributed by atoms with E-state index in [1.807, 2.05) is 19.9 Å². The maximum atomic E-state index is 12.7. The van der Waals surface area contributed by atoms with Gasteiger partial charge < -0.3 is 9.84 Å². The number of nitrogens with zero attached hydrogens (tertiary/aromatic N) is 1. The smallest absolute Gasteiger partial charge is 0.341 e. The zero-order valence-electron chi connectivity index (χ0n) is 13.7. The highest BCUT2D eigenvalue weighted by molar-refractivity contribution is 7.92. The van der Waals surface area contributed by atoms with Crippen LogP contribution >= 0.6 is 0 Å². The molecule has 0 spiro atoms. The van der Waals surface area contributed by atoms with Gasteiger partial charge in [0.2, 0.25) is 0 Å². The van der Waals surface area contributed by atoms with Crippen LogP contribution in [0.15, 0.2) is 47.4 Å². The van der Waals surface area contributed by atoms with Crippen LogP contribution in [0.25, 0.3) is 0 Å². The molecule has 0 saturated carbocycles. The SMILES string of the molecule is Cc1cc(C)cc(N(C)S(=O)(=O)c2ccc(OCC(=O)O)cc2)c1. The van der Waals surface area contributed by atoms with Crippen molar-refractivity contribution in [2.45, 2.75) is 18.7 Å². The van der Waals surface area contributed by atoms with Gasteiger partial charge in [0.05, 0.1) is 10.6 Å². The summed E-state index contributed by atoms with van der Waals surface area (Å²) in [6, 6.07) is 11.2. The molecule has 0 radical (unpaired) electrons. The van der Waals surface area contributed by atoms with E-state index in [0.717, 1.165) is 11.1 Å². The van der Waals surface area contributed by atoms with Gasteiger partial charge in [-0.1, -0.05) is 6.07 Å². The van der Waals surface area contributed by atoms with E-state index < -0.39 is 22.6 Å². The molecule has 0 bridgehead atoms. The predicted octanol–water partition coefficient (Wildman–Crippen LogP) is 2.59. The number of hydrogen-bond acceptors (Lipinski definition) is 4. The van der Waals surface area contributed by atoms with E-state index in [9.17, 15) is 13.2 Å². The van der Waals surface area contributed by atoms with Crippen LogP contribution in [0, 0.1) is 13.8 Å². The van der Waals surface area contributed by atoms with E-state index in [0.29, 0.717) is 11.4 Å². The van der Waals surface area contributed by atoms with E-state index in [1.165, 1.54) is 35.6 Å². The highest BCUT2D eigenvalue weighted by Crippen LogP contribution is 2.25. The van der Waals surface area contributed by atoms with Crippen LogP contribution in [0.3, 0.4) is 0 Å². The van der Waals surface area contributed by atoms with Gasteiger partial charge in [-0.05, 0) is 61.4 Å². The van der Waals surface area contributed by atoms with Crippen molar-refractivity contribution in [1.29, 1.82) is 0 Å². The Bertz CT molecular complexity index is 824. The zero-order chi connectivity index (χ0) is 17.9. The fourth-order valence-electron chi connectivity index (χ4n) is 2.28. The minimum Gasteiger partial charge on any atom is -0.482 e. The van der Waals surface area contributed by atoms with Gasteiger partial charge in [0.15, 0.2) is 6.61 Å². The topological polar surface area (TPSA) is 83.9 Å². The minimum absolute atomic E-state index is 0.104. The summed E-state index contributed by atoms with van der Waals surface area (Å²) in [6.07, 6.45) is 0. The summed E-state index contributed by atoms with van der Waals surface area (Å²) in [7, 11) is -2.21. The Labute approximate surface area is 141 Å². The maximum Gasteiger partial charge on any atom is 0.341 e. The quantitative estimate of drug-likeness (QED) is 0.866. The maximum absolute atomic E-state index is 12.7. The van der Waals surface area contributed by atoms with Gasteiger partial charge in [-0.2, -0.15) is 0 Å². The molecule has 0 saturated heterocycles. The lowest BCUT2D eigenvalue weighted by atomic mass is 10.1. The minimum atomic E-state index is -3.71. The second-order valence-corrected chi connectivity index (χ2v) is 7.44. The number of carboxylic acids is 1. The number of aryl methyl sites for hydroxylation is 2. The lowest BCUT2D eigenvalue weighted by molar-refractivity contribution is -0.139. The van der Waals surface area contributed by atoms with Gasteiger partial charge in [0, 0.05) is 7.05 Å². The van der Waals surface area contributed by atoms with Crippen molar-refractivity contribution in [2.24, 2.45) is 0 Å². The molecule has 2 aromatic carbocycles. The molecule has 0 aromatic heterocycles. The number of rotatable bonds is 6. The first-order valence-corrected chi connectivity index (χ1v) is 8.66. The second-order valence-electron chi connectivity index (χ2n) is 5.47. The van der Waals surface area contributed by atoms with E-state index >= 15 is 0 Å². The summed E-state index contributed by atoms with van der Waals surface area (Å²) in [5.74, 6) is -0.799. The summed E-state index contributed by atoms with van der Waals surface area (Å²) < 4.78 is 31.7. The molecule has 0 aliphatic heterocycles. The molecule has 24 heavy (non-hydrogen) atoms. The standard InChI is InChI=1S/C17H19NO5S/c1-12-8-13(2)10-14(9-12)18(3)24(21,22)16-6-4-15(5-7-16)23-11-17(19)20/h4-10H,11H2,1-3H3,(H,19,20). The second kappa shape index (κ2) is 6.92. The van der Waals surface area contributed by atoms with Crippen molar-refractivity contribution < 1.29 is 23.1 Å². The molecule has 128 valence electrons. The summed E-state index contributed by atoms with van der Waals surface area (Å²) in [6.45, 7) is 3.34. The molecule has 1 N–H and O–H groups in total. The number of hydrogen-bond donors (Lipinski definition) is 1. The van der Waals surface area contributed by atoms with E-state index in [2.05, 4.69) is 0 Å². The number of carbonyl (C=O) groups is 1. The summed E-state index contributed by atoms with van der Waals surface area (Å²) in [5.41, 5.74) is 2.53. The number of aliphatic carboxylic acids is 1. The Kier molecular flexibility index (Phi) is 5.14. The van der Waals surface area contributed by atoms with Crippen LogP contribution in [0.1, 0.15) is 11.1 Å². The molecule has 2 rings (SSSR count). The molecular weight excluding hydrogens is 330 g/mol. The van der Waals surface area contributed by atoms with Crippen molar-refractivity contribution in [1.82, 2.24) is 0 Å². The summed E-state index contributed by atoms with van der Waals surface area (Å²) in [4.78, 5) is 10.6. The molecule has 0 fully saturated rings. The lowest BCUT2D eigenvalue weighted by Crippen LogP contribution is -2.26. The van der Waals surface area contributed by atoms with Crippen LogP contribution in [0.4, 0.5) is 5.69 Å². The molecule has 7 heteroatoms. The van der Waals surface area contributed by atoms with Crippen molar-refractivity contribution in [3.63, 3.8) is 0 Å². The van der Waals surface area contributed by atoms with Gasteiger partial charge in [-0.15, -0.1) is 0 Å². The molecule has 0 aliphatic rings. The third-order valence-corrected chi connectivity index (χ3v) is 5.21. The van der Waals surface area contributed by atoms with Crippen molar-refractivity contribution >= 4 is 21.7 Å². The number of anilines is 1. The van der Waals surface area contributed by atoms with Crippen LogP contribution < -0.4 is 9.04 Å². The molecule has 0 aliphatic carbocycles. The predicted molar refractivity (Wildman–Crippen MR) is 91.1 cm³/mol. The van der Waals surface area contributed by atoms with E-state index in [-0.39, 0.29) is 4.90 Å². The highest BCUT2D eigenvalue weighted by atomic mass is 32.2. The number of carboxylic acid groups (broad SMARTS) is 1. The number of sulfonamides is 1. The Morgan fingerprint density at radius 3 is 2.12 bits per heavy atom. The number of benzene rings is 2. The van der Waals surface area contributed by atoms with Gasteiger partial charge in [-0.25, -0.2) is 13.2 Å². The fourth-order valence-corrected chi connectivity index (χ4v) is 3.46. The Balaban J connectivity index is 2.27. The van der Waals surface area contributed by atoms with Crippen LogP contribution in [0.5, 0.6) is 5.75 Å². The van der Waals surface area contributed by atoms with Gasteiger partial charge in [0.1, 0.15) is 5.75 Å². The van der Waals surface area contributed by atoms with E-state index in [1.54, 1.807) is 12.1 Å². The molecule has 0 amide bonds. The molecule has 0 unspecified atom stereocenters. The van der Waals surface area contributed by atoms with Crippen LogP contribution in [0.2, 0.25) is 0 Å². The molecular formula is C17H19NO5S. The molecule has 0 atom stereocenters. The summed E-state index contributed by atoms with van der Waals surface area (Å²) in [5, 5.41) is 8.57. The highest BCUT2D eigenvalue weighted by Gasteiger charge is 2.21. The van der Waals surface area contributed by atoms with Crippen LogP contribution in [-0.4, -0.2) is 33.1 Å². The molecule has 6 nitrogen and oxygen atoms in total. The Morgan fingerprint density at radius 2 is 1.62 bits per heavy atom. The molecule has 0 heterocycles. The monoisotopic (exact) mass is 349 g/mol. The average Bonchev–Trinajstić information content (AvgIpc) is 2.51. The third kappa shape index (κ3) is 4.05. The lowest BCUT2D eigenvalue weighted by Gasteiger charge is -2.20. The van der Waals surface area contributed by atoms with E-state index in [4.69, 9.17) is 9.84 Å². The Hall–Kier alpha value is -2.54. The third-order valence-electron chi connectivity index (χ3n) is 3.41. The number of ether oxygens (including phenoxy) is 1. The normalized spacial score (nSPS) is 11.1. The summed E-state index contributed by atoms with van der Waals surface area (Å²) >= 11 is 0. The average molecular weight is 349 g/mol. The van der Waals surface area contributed by atoms with Crippen molar-refractivity contribution in [2.75, 3.05) is 18.0 Å². The van der Waals surface area contributed by atoms with Crippen molar-refractivity contribution in [3.05, 3.63) is 53.6 Å². The first kappa shape index (κ1) is 17.8.